The first-order valence-corrected chi connectivity index (χ1v) is 8.48. The highest BCUT2D eigenvalue weighted by Crippen LogP contribution is 2.32. The molecule has 27 heavy (non-hydrogen) atoms. The van der Waals surface area contributed by atoms with E-state index < -0.39 is 6.03 Å². The van der Waals surface area contributed by atoms with Crippen LogP contribution in [0.2, 0.25) is 0 Å². The molecule has 6 nitrogen and oxygen atoms in total. The van der Waals surface area contributed by atoms with Crippen LogP contribution in [0.1, 0.15) is 0 Å². The van der Waals surface area contributed by atoms with Crippen molar-refractivity contribution in [2.45, 2.75) is 0 Å². The van der Waals surface area contributed by atoms with Gasteiger partial charge < -0.3 is 0 Å². The highest BCUT2D eigenvalue weighted by Gasteiger charge is 2.28. The van der Waals surface area contributed by atoms with E-state index in [1.165, 1.54) is 4.90 Å². The van der Waals surface area contributed by atoms with Crippen molar-refractivity contribution in [3.05, 3.63) is 78.9 Å². The molecule has 0 atom stereocenters. The smallest absolute Gasteiger partial charge is 0.285 e. The molecular weight excluding hydrogens is 340 g/mol. The summed E-state index contributed by atoms with van der Waals surface area (Å²) in [5.74, 6) is -0.322. The second-order valence-electron chi connectivity index (χ2n) is 6.08. The summed E-state index contributed by atoms with van der Waals surface area (Å²) in [7, 11) is 0. The molecule has 0 aliphatic carbocycles. The lowest BCUT2D eigenvalue weighted by Crippen LogP contribution is -2.27. The Kier molecular flexibility index (Phi) is 4.45. The van der Waals surface area contributed by atoms with Gasteiger partial charge in [0.15, 0.2) is 0 Å². The number of azo groups is 1. The predicted octanol–water partition coefficient (Wildman–Crippen LogP) is 4.83. The van der Waals surface area contributed by atoms with E-state index in [-0.39, 0.29) is 12.5 Å². The van der Waals surface area contributed by atoms with Crippen molar-refractivity contribution >= 4 is 29.0 Å². The quantitative estimate of drug-likeness (QED) is 0.537. The van der Waals surface area contributed by atoms with E-state index in [2.05, 4.69) is 15.5 Å². The van der Waals surface area contributed by atoms with Crippen molar-refractivity contribution in [2.75, 3.05) is 11.4 Å². The number of imide groups is 1. The Morgan fingerprint density at radius 2 is 1.41 bits per heavy atom. The third-order valence-corrected chi connectivity index (χ3v) is 4.15. The molecule has 1 N–H and O–H groups in total. The summed E-state index contributed by atoms with van der Waals surface area (Å²) in [6, 6.07) is 24.3. The molecule has 3 aromatic carbocycles. The maximum Gasteiger partial charge on any atom is 0.329 e. The lowest BCUT2D eigenvalue weighted by Gasteiger charge is -2.15. The van der Waals surface area contributed by atoms with Gasteiger partial charge in [0.25, 0.3) is 0 Å². The lowest BCUT2D eigenvalue weighted by molar-refractivity contribution is -0.117. The van der Waals surface area contributed by atoms with E-state index in [0.717, 1.165) is 16.8 Å². The first kappa shape index (κ1) is 16.7. The fraction of sp³-hybridized carbons (Fsp3) is 0.0476. The fourth-order valence-corrected chi connectivity index (χ4v) is 2.87. The average molecular weight is 356 g/mol. The molecule has 1 fully saturated rings. The van der Waals surface area contributed by atoms with Gasteiger partial charge in [-0.2, -0.15) is 10.2 Å². The Morgan fingerprint density at radius 3 is 2.07 bits per heavy atom. The molecule has 0 bridgehead atoms. The van der Waals surface area contributed by atoms with Gasteiger partial charge >= 0.3 is 6.03 Å². The second-order valence-corrected chi connectivity index (χ2v) is 6.08. The monoisotopic (exact) mass is 356 g/mol. The van der Waals surface area contributed by atoms with Crippen LogP contribution < -0.4 is 10.2 Å². The van der Waals surface area contributed by atoms with E-state index in [1.807, 2.05) is 72.8 Å². The number of urea groups is 1. The minimum atomic E-state index is -0.434. The summed E-state index contributed by atoms with van der Waals surface area (Å²) >= 11 is 0. The van der Waals surface area contributed by atoms with Crippen LogP contribution in [0.4, 0.5) is 21.9 Å². The van der Waals surface area contributed by atoms with Gasteiger partial charge in [0, 0.05) is 5.69 Å². The molecule has 0 radical (unpaired) electrons. The van der Waals surface area contributed by atoms with E-state index in [4.69, 9.17) is 0 Å². The number of nitrogens with one attached hydrogen (secondary N) is 1. The van der Waals surface area contributed by atoms with Crippen molar-refractivity contribution < 1.29 is 9.59 Å². The van der Waals surface area contributed by atoms with Crippen molar-refractivity contribution in [3.8, 4) is 11.1 Å². The van der Waals surface area contributed by atoms with Crippen LogP contribution in [0.3, 0.4) is 0 Å². The van der Waals surface area contributed by atoms with Crippen LogP contribution in [0.15, 0.2) is 89.1 Å². The summed E-state index contributed by atoms with van der Waals surface area (Å²) in [4.78, 5) is 25.0. The topological polar surface area (TPSA) is 74.1 Å². The molecule has 3 aromatic rings. The van der Waals surface area contributed by atoms with Crippen LogP contribution in [0, 0.1) is 0 Å². The van der Waals surface area contributed by atoms with E-state index in [1.54, 1.807) is 6.07 Å². The van der Waals surface area contributed by atoms with Crippen molar-refractivity contribution in [1.82, 2.24) is 5.32 Å². The van der Waals surface area contributed by atoms with Crippen LogP contribution in [-0.4, -0.2) is 18.5 Å². The minimum Gasteiger partial charge on any atom is -0.285 e. The van der Waals surface area contributed by atoms with E-state index in [0.29, 0.717) is 11.4 Å². The molecule has 1 aliphatic rings. The summed E-state index contributed by atoms with van der Waals surface area (Å²) in [6.45, 7) is -0.00759. The maximum absolute atomic E-state index is 12.1. The molecule has 6 heteroatoms. The number of hydrogen-bond acceptors (Lipinski definition) is 4. The van der Waals surface area contributed by atoms with Gasteiger partial charge in [-0.05, 0) is 41.5 Å². The van der Waals surface area contributed by atoms with Crippen LogP contribution in [0.5, 0.6) is 0 Å². The number of hydrogen-bond donors (Lipinski definition) is 1. The summed E-state index contributed by atoms with van der Waals surface area (Å²) < 4.78 is 0. The highest BCUT2D eigenvalue weighted by molar-refractivity contribution is 6.12. The first-order chi connectivity index (χ1) is 13.2. The summed E-state index contributed by atoms with van der Waals surface area (Å²) in [6.07, 6.45) is 0. The summed E-state index contributed by atoms with van der Waals surface area (Å²) in [5.41, 5.74) is 3.81. The molecule has 3 amide bonds. The van der Waals surface area contributed by atoms with Crippen LogP contribution in [0.25, 0.3) is 11.1 Å². The largest absolute Gasteiger partial charge is 0.329 e. The predicted molar refractivity (Wildman–Crippen MR) is 103 cm³/mol. The van der Waals surface area contributed by atoms with Crippen LogP contribution >= 0.6 is 0 Å². The highest BCUT2D eigenvalue weighted by atomic mass is 16.2. The molecule has 0 spiro atoms. The van der Waals surface area contributed by atoms with Crippen molar-refractivity contribution in [2.24, 2.45) is 10.2 Å². The number of rotatable bonds is 4. The molecule has 0 unspecified atom stereocenters. The standard InChI is InChI=1S/C21H16N4O2/c26-20-14-25(21(27)22-20)19-12-16(15-7-3-1-4-8-15)11-18(13-19)24-23-17-9-5-2-6-10-17/h1-13H,14H2,(H,22,26,27). The number of amides is 3. The molecule has 4 rings (SSSR count). The number of carbonyl (C=O) groups excluding carboxylic acids is 2. The number of anilines is 1. The number of benzene rings is 3. The van der Waals surface area contributed by atoms with Gasteiger partial charge in [0.1, 0.15) is 6.54 Å². The molecular formula is C21H16N4O2. The van der Waals surface area contributed by atoms with Gasteiger partial charge in [-0.1, -0.05) is 48.5 Å². The van der Waals surface area contributed by atoms with Crippen LogP contribution in [-0.2, 0) is 4.79 Å². The SMILES string of the molecule is O=C1CN(c2cc(N=Nc3ccccc3)cc(-c3ccccc3)c2)C(=O)N1. The zero-order chi connectivity index (χ0) is 18.6. The third-order valence-electron chi connectivity index (χ3n) is 4.15. The Hall–Kier alpha value is -3.80. The molecule has 0 saturated carbocycles. The van der Waals surface area contributed by atoms with Gasteiger partial charge in [-0.15, -0.1) is 0 Å². The van der Waals surface area contributed by atoms with Crippen molar-refractivity contribution in [1.29, 1.82) is 0 Å². The molecule has 0 aromatic heterocycles. The molecule has 1 saturated heterocycles. The Morgan fingerprint density at radius 1 is 0.741 bits per heavy atom. The summed E-state index contributed by atoms with van der Waals surface area (Å²) in [5, 5.41) is 10.9. The third kappa shape index (κ3) is 3.74. The zero-order valence-corrected chi connectivity index (χ0v) is 14.4. The molecule has 1 aliphatic heterocycles. The average Bonchev–Trinajstić information content (AvgIpc) is 3.06. The minimum absolute atomic E-state index is 0.00759. The Balaban J connectivity index is 1.76. The number of nitrogens with zero attached hydrogens (tertiary/aromatic N) is 3. The van der Waals surface area contributed by atoms with Gasteiger partial charge in [-0.3, -0.25) is 15.0 Å². The maximum atomic E-state index is 12.1. The zero-order valence-electron chi connectivity index (χ0n) is 14.4. The fourth-order valence-electron chi connectivity index (χ4n) is 2.87. The Labute approximate surface area is 156 Å². The van der Waals surface area contributed by atoms with E-state index >= 15 is 0 Å². The molecule has 1 heterocycles. The van der Waals surface area contributed by atoms with Gasteiger partial charge in [0.2, 0.25) is 5.91 Å². The van der Waals surface area contributed by atoms with Gasteiger partial charge in [0.05, 0.1) is 11.4 Å². The molecule has 132 valence electrons. The van der Waals surface area contributed by atoms with E-state index in [9.17, 15) is 9.59 Å². The number of carbonyl (C=O) groups is 2. The van der Waals surface area contributed by atoms with Crippen molar-refractivity contribution in [3.63, 3.8) is 0 Å². The second kappa shape index (κ2) is 7.21. The first-order valence-electron chi connectivity index (χ1n) is 8.48. The lowest BCUT2D eigenvalue weighted by atomic mass is 10.0. The van der Waals surface area contributed by atoms with Gasteiger partial charge in [-0.25, -0.2) is 4.79 Å². The Bertz CT molecular complexity index is 1020. The normalized spacial score (nSPS) is 14.0.